The number of ether oxygens (including phenoxy) is 1. The highest BCUT2D eigenvalue weighted by Crippen LogP contribution is 2.21. The van der Waals surface area contributed by atoms with Crippen molar-refractivity contribution < 1.29 is 9.53 Å². The van der Waals surface area contributed by atoms with Crippen molar-refractivity contribution in [1.29, 1.82) is 0 Å². The van der Waals surface area contributed by atoms with Crippen molar-refractivity contribution in [3.8, 4) is 5.75 Å². The summed E-state index contributed by atoms with van der Waals surface area (Å²) in [4.78, 5) is 14.2. The Hall–Kier alpha value is -2.32. The van der Waals surface area contributed by atoms with Crippen LogP contribution in [-0.2, 0) is 20.3 Å². The zero-order valence-corrected chi connectivity index (χ0v) is 17.5. The Kier molecular flexibility index (Phi) is 5.86. The maximum Gasteiger partial charge on any atom is 0.274 e. The summed E-state index contributed by atoms with van der Waals surface area (Å²) >= 11 is 9.45. The van der Waals surface area contributed by atoms with Crippen LogP contribution in [0.1, 0.15) is 21.7 Å². The van der Waals surface area contributed by atoms with E-state index in [0.29, 0.717) is 23.0 Å². The molecule has 9 heteroatoms. The van der Waals surface area contributed by atoms with Crippen molar-refractivity contribution in [1.82, 2.24) is 24.5 Å². The molecule has 0 atom stereocenters. The largest absolute Gasteiger partial charge is 0.471 e. The molecule has 0 aliphatic heterocycles. The smallest absolute Gasteiger partial charge is 0.274 e. The molecule has 3 aromatic rings. The number of amides is 1. The average Bonchev–Trinajstić information content (AvgIpc) is 3.24. The van der Waals surface area contributed by atoms with Crippen LogP contribution in [0.15, 0.2) is 41.1 Å². The Balaban J connectivity index is 1.62. The summed E-state index contributed by atoms with van der Waals surface area (Å²) in [6, 6.07) is 7.12. The van der Waals surface area contributed by atoms with Gasteiger partial charge in [-0.3, -0.25) is 9.48 Å². The zero-order valence-electron chi connectivity index (χ0n) is 15.2. The van der Waals surface area contributed by atoms with Crippen molar-refractivity contribution in [2.75, 3.05) is 7.05 Å². The van der Waals surface area contributed by atoms with Gasteiger partial charge in [0.05, 0.1) is 22.9 Å². The topological polar surface area (TPSA) is 65.2 Å². The first kappa shape index (κ1) is 19.4. The number of aromatic nitrogens is 4. The van der Waals surface area contributed by atoms with Crippen LogP contribution in [0, 0.1) is 6.92 Å². The fraction of sp³-hybridized carbons (Fsp3) is 0.278. The van der Waals surface area contributed by atoms with Crippen LogP contribution < -0.4 is 4.74 Å². The normalized spacial score (nSPS) is 10.9. The molecule has 7 nitrogen and oxygen atoms in total. The van der Waals surface area contributed by atoms with Crippen molar-refractivity contribution in [2.24, 2.45) is 7.05 Å². The molecule has 0 aliphatic rings. The first-order chi connectivity index (χ1) is 12.8. The van der Waals surface area contributed by atoms with Crippen LogP contribution in [0.3, 0.4) is 0 Å². The summed E-state index contributed by atoms with van der Waals surface area (Å²) in [5, 5.41) is 9.15. The van der Waals surface area contributed by atoms with Gasteiger partial charge in [-0.15, -0.1) is 0 Å². The minimum Gasteiger partial charge on any atom is -0.471 e. The zero-order chi connectivity index (χ0) is 19.6. The highest BCUT2D eigenvalue weighted by Gasteiger charge is 2.18. The third-order valence-electron chi connectivity index (χ3n) is 4.10. The van der Waals surface area contributed by atoms with Gasteiger partial charge in [-0.05, 0) is 52.7 Å². The molecule has 3 rings (SSSR count). The first-order valence-electron chi connectivity index (χ1n) is 8.19. The van der Waals surface area contributed by atoms with Crippen molar-refractivity contribution >= 4 is 33.4 Å². The van der Waals surface area contributed by atoms with Gasteiger partial charge in [0.25, 0.3) is 5.91 Å². The summed E-state index contributed by atoms with van der Waals surface area (Å²) in [6.07, 6.45) is 3.42. The van der Waals surface area contributed by atoms with E-state index in [4.69, 9.17) is 16.3 Å². The Morgan fingerprint density at radius 2 is 2.15 bits per heavy atom. The lowest BCUT2D eigenvalue weighted by molar-refractivity contribution is 0.0773. The van der Waals surface area contributed by atoms with Crippen LogP contribution in [0.25, 0.3) is 0 Å². The van der Waals surface area contributed by atoms with Crippen LogP contribution in [-0.4, -0.2) is 37.4 Å². The molecule has 1 amide bonds. The van der Waals surface area contributed by atoms with Crippen LogP contribution >= 0.6 is 27.5 Å². The molecule has 2 aromatic heterocycles. The standard InChI is InChI=1S/C18H19BrClN5O2/c1-12-8-13(4-5-15(12)20)27-11-25-7-6-16(22-25)18(26)23(2)10-17-14(19)9-21-24(17)3/h4-9H,10-11H2,1-3H3. The molecule has 27 heavy (non-hydrogen) atoms. The molecule has 0 unspecified atom stereocenters. The van der Waals surface area contributed by atoms with E-state index in [-0.39, 0.29) is 12.6 Å². The number of aryl methyl sites for hydroxylation is 2. The van der Waals surface area contributed by atoms with Gasteiger partial charge in [-0.2, -0.15) is 10.2 Å². The van der Waals surface area contributed by atoms with Crippen molar-refractivity contribution in [3.63, 3.8) is 0 Å². The molecule has 0 fully saturated rings. The van der Waals surface area contributed by atoms with E-state index >= 15 is 0 Å². The maximum atomic E-state index is 12.6. The maximum absolute atomic E-state index is 12.6. The quantitative estimate of drug-likeness (QED) is 0.573. The third kappa shape index (κ3) is 4.51. The summed E-state index contributed by atoms with van der Waals surface area (Å²) in [6.45, 7) is 2.53. The van der Waals surface area contributed by atoms with E-state index in [1.54, 1.807) is 51.9 Å². The SMILES string of the molecule is Cc1cc(OCn2ccc(C(=O)N(C)Cc3c(Br)cnn3C)n2)ccc1Cl. The lowest BCUT2D eigenvalue weighted by Crippen LogP contribution is -2.28. The number of hydrogen-bond acceptors (Lipinski definition) is 4. The molecule has 1 aromatic carbocycles. The molecule has 0 aliphatic carbocycles. The minimum atomic E-state index is -0.177. The van der Waals surface area contributed by atoms with E-state index in [0.717, 1.165) is 15.7 Å². The molecule has 0 saturated carbocycles. The number of halogens is 2. The number of carbonyl (C=O) groups is 1. The second kappa shape index (κ2) is 8.14. The molecule has 0 N–H and O–H groups in total. The van der Waals surface area contributed by atoms with Crippen LogP contribution in [0.4, 0.5) is 0 Å². The molecule has 0 saturated heterocycles. The molecule has 142 valence electrons. The van der Waals surface area contributed by atoms with Gasteiger partial charge < -0.3 is 9.64 Å². The van der Waals surface area contributed by atoms with Gasteiger partial charge in [0.15, 0.2) is 12.4 Å². The van der Waals surface area contributed by atoms with E-state index in [1.165, 1.54) is 0 Å². The summed E-state index contributed by atoms with van der Waals surface area (Å²) in [5.74, 6) is 0.516. The van der Waals surface area contributed by atoms with Crippen molar-refractivity contribution in [2.45, 2.75) is 20.2 Å². The molecular weight excluding hydrogens is 434 g/mol. The summed E-state index contributed by atoms with van der Waals surface area (Å²) in [7, 11) is 3.57. The Labute approximate surface area is 170 Å². The van der Waals surface area contributed by atoms with E-state index < -0.39 is 0 Å². The molecule has 0 bridgehead atoms. The number of nitrogens with zero attached hydrogens (tertiary/aromatic N) is 5. The lowest BCUT2D eigenvalue weighted by atomic mass is 10.2. The van der Waals surface area contributed by atoms with E-state index in [9.17, 15) is 4.79 Å². The number of hydrogen-bond donors (Lipinski definition) is 0. The van der Waals surface area contributed by atoms with Gasteiger partial charge in [0.2, 0.25) is 0 Å². The molecular formula is C18H19BrClN5O2. The Morgan fingerprint density at radius 1 is 1.37 bits per heavy atom. The minimum absolute atomic E-state index is 0.177. The second-order valence-electron chi connectivity index (χ2n) is 6.15. The van der Waals surface area contributed by atoms with E-state index in [2.05, 4.69) is 26.1 Å². The lowest BCUT2D eigenvalue weighted by Gasteiger charge is -2.16. The van der Waals surface area contributed by atoms with Gasteiger partial charge in [0, 0.05) is 25.3 Å². The van der Waals surface area contributed by atoms with Gasteiger partial charge >= 0.3 is 0 Å². The fourth-order valence-electron chi connectivity index (χ4n) is 2.50. The van der Waals surface area contributed by atoms with Gasteiger partial charge in [-0.1, -0.05) is 11.6 Å². The Morgan fingerprint density at radius 3 is 2.81 bits per heavy atom. The molecule has 0 spiro atoms. The average molecular weight is 453 g/mol. The highest BCUT2D eigenvalue weighted by atomic mass is 79.9. The van der Waals surface area contributed by atoms with Crippen LogP contribution in [0.2, 0.25) is 5.02 Å². The first-order valence-corrected chi connectivity index (χ1v) is 9.36. The van der Waals surface area contributed by atoms with Crippen molar-refractivity contribution in [3.05, 3.63) is 63.1 Å². The number of rotatable bonds is 6. The van der Waals surface area contributed by atoms with Gasteiger partial charge in [0.1, 0.15) is 5.75 Å². The second-order valence-corrected chi connectivity index (χ2v) is 7.41. The fourth-order valence-corrected chi connectivity index (χ4v) is 3.09. The van der Waals surface area contributed by atoms with Crippen LogP contribution in [0.5, 0.6) is 5.75 Å². The van der Waals surface area contributed by atoms with E-state index in [1.807, 2.05) is 20.0 Å². The predicted molar refractivity (Wildman–Crippen MR) is 106 cm³/mol. The molecule has 0 radical (unpaired) electrons. The number of carbonyl (C=O) groups excluding carboxylic acids is 1. The summed E-state index contributed by atoms with van der Waals surface area (Å²) < 4.78 is 9.87. The number of benzene rings is 1. The highest BCUT2D eigenvalue weighted by molar-refractivity contribution is 9.10. The summed E-state index contributed by atoms with van der Waals surface area (Å²) in [5.41, 5.74) is 2.20. The molecule has 2 heterocycles. The predicted octanol–water partition coefficient (Wildman–Crippen LogP) is 3.65. The van der Waals surface area contributed by atoms with Gasteiger partial charge in [-0.25, -0.2) is 4.68 Å². The Bertz CT molecular complexity index is 949. The third-order valence-corrected chi connectivity index (χ3v) is 5.18. The monoisotopic (exact) mass is 451 g/mol.